The Balaban J connectivity index is 2.21. The second-order valence-corrected chi connectivity index (χ2v) is 4.28. The molecular weight excluding hydrogens is 168 g/mol. The van der Waals surface area contributed by atoms with Crippen molar-refractivity contribution in [1.82, 2.24) is 0 Å². The number of aliphatic hydroxyl groups excluding tert-OH is 1. The number of ether oxygens (including phenoxy) is 2. The van der Waals surface area contributed by atoms with Crippen molar-refractivity contribution in [2.75, 3.05) is 14.2 Å². The summed E-state index contributed by atoms with van der Waals surface area (Å²) in [6, 6.07) is 0. The van der Waals surface area contributed by atoms with Crippen LogP contribution in [0.1, 0.15) is 25.7 Å². The number of fused-ring (bicyclic) bond motifs is 3. The Morgan fingerprint density at radius 1 is 1.23 bits per heavy atom. The first-order valence-electron chi connectivity index (χ1n) is 5.00. The van der Waals surface area contributed by atoms with Crippen LogP contribution in [0.5, 0.6) is 0 Å². The molecule has 3 aliphatic carbocycles. The summed E-state index contributed by atoms with van der Waals surface area (Å²) in [5.41, 5.74) is 0. The minimum Gasteiger partial charge on any atom is -0.393 e. The van der Waals surface area contributed by atoms with Crippen LogP contribution >= 0.6 is 0 Å². The predicted molar refractivity (Wildman–Crippen MR) is 48.2 cm³/mol. The van der Waals surface area contributed by atoms with Crippen LogP contribution in [0.3, 0.4) is 0 Å². The van der Waals surface area contributed by atoms with E-state index in [0.29, 0.717) is 5.92 Å². The van der Waals surface area contributed by atoms with Crippen molar-refractivity contribution in [3.63, 3.8) is 0 Å². The van der Waals surface area contributed by atoms with Crippen LogP contribution in [0, 0.1) is 11.8 Å². The molecule has 0 saturated heterocycles. The number of aliphatic hydroxyl groups is 1. The van der Waals surface area contributed by atoms with Crippen LogP contribution in [0.15, 0.2) is 0 Å². The summed E-state index contributed by atoms with van der Waals surface area (Å²) < 4.78 is 10.9. The summed E-state index contributed by atoms with van der Waals surface area (Å²) >= 11 is 0. The molecule has 3 heteroatoms. The zero-order valence-corrected chi connectivity index (χ0v) is 8.32. The molecule has 0 heterocycles. The number of hydrogen-bond donors (Lipinski definition) is 1. The first kappa shape index (κ1) is 9.44. The van der Waals surface area contributed by atoms with Gasteiger partial charge in [0.2, 0.25) is 0 Å². The summed E-state index contributed by atoms with van der Waals surface area (Å²) in [6.07, 6.45) is 3.90. The molecule has 0 aromatic heterocycles. The van der Waals surface area contributed by atoms with E-state index in [-0.39, 0.29) is 12.0 Å². The Hall–Kier alpha value is -0.120. The maximum absolute atomic E-state index is 9.84. The van der Waals surface area contributed by atoms with Gasteiger partial charge >= 0.3 is 0 Å². The lowest BCUT2D eigenvalue weighted by Crippen LogP contribution is -2.56. The van der Waals surface area contributed by atoms with Crippen LogP contribution in [-0.2, 0) is 9.47 Å². The second kappa shape index (κ2) is 3.23. The van der Waals surface area contributed by atoms with Gasteiger partial charge in [0.25, 0.3) is 0 Å². The van der Waals surface area contributed by atoms with Crippen LogP contribution < -0.4 is 0 Å². The third-order valence-corrected chi connectivity index (χ3v) is 3.75. The lowest BCUT2D eigenvalue weighted by atomic mass is 9.65. The fraction of sp³-hybridized carbons (Fsp3) is 1.00. The maximum Gasteiger partial charge on any atom is 0.173 e. The molecule has 0 spiro atoms. The minimum atomic E-state index is -0.499. The number of methoxy groups -OCH3 is 2. The normalized spacial score (nSPS) is 42.2. The predicted octanol–water partition coefficient (Wildman–Crippen LogP) is 1.16. The van der Waals surface area contributed by atoms with E-state index in [4.69, 9.17) is 9.47 Å². The van der Waals surface area contributed by atoms with Gasteiger partial charge in [-0.1, -0.05) is 0 Å². The van der Waals surface area contributed by atoms with Gasteiger partial charge in [-0.3, -0.25) is 0 Å². The summed E-state index contributed by atoms with van der Waals surface area (Å²) in [5.74, 6) is 0.257. The fourth-order valence-electron chi connectivity index (χ4n) is 3.04. The van der Waals surface area contributed by atoms with Crippen molar-refractivity contribution in [3.05, 3.63) is 0 Å². The van der Waals surface area contributed by atoms with Crippen molar-refractivity contribution in [2.24, 2.45) is 11.8 Å². The Bertz CT molecular complexity index is 189. The van der Waals surface area contributed by atoms with Crippen LogP contribution in [-0.4, -0.2) is 31.2 Å². The van der Waals surface area contributed by atoms with Crippen LogP contribution in [0.2, 0.25) is 0 Å². The van der Waals surface area contributed by atoms with Gasteiger partial charge in [0.15, 0.2) is 5.79 Å². The zero-order chi connectivity index (χ0) is 9.47. The van der Waals surface area contributed by atoms with Gasteiger partial charge in [-0.15, -0.1) is 0 Å². The van der Waals surface area contributed by atoms with Gasteiger partial charge in [-0.25, -0.2) is 0 Å². The average molecular weight is 186 g/mol. The molecule has 0 amide bonds. The van der Waals surface area contributed by atoms with Crippen molar-refractivity contribution in [2.45, 2.75) is 37.6 Å². The van der Waals surface area contributed by atoms with E-state index >= 15 is 0 Å². The molecule has 3 nitrogen and oxygen atoms in total. The Morgan fingerprint density at radius 3 is 2.31 bits per heavy atom. The third-order valence-electron chi connectivity index (χ3n) is 3.75. The van der Waals surface area contributed by atoms with Crippen molar-refractivity contribution >= 4 is 0 Å². The highest BCUT2D eigenvalue weighted by Gasteiger charge is 2.52. The van der Waals surface area contributed by atoms with E-state index < -0.39 is 5.79 Å². The largest absolute Gasteiger partial charge is 0.393 e. The van der Waals surface area contributed by atoms with Crippen molar-refractivity contribution in [1.29, 1.82) is 0 Å². The van der Waals surface area contributed by atoms with Gasteiger partial charge in [0.1, 0.15) is 0 Å². The highest BCUT2D eigenvalue weighted by molar-refractivity contribution is 4.97. The summed E-state index contributed by atoms with van der Waals surface area (Å²) in [5, 5.41) is 9.84. The summed E-state index contributed by atoms with van der Waals surface area (Å²) in [7, 11) is 3.36. The van der Waals surface area contributed by atoms with Gasteiger partial charge in [-0.05, 0) is 25.2 Å². The standard InChI is InChI=1S/C10H18O3/c1-12-10(13-2)6-7-3-4-8(10)9(11)5-7/h7-9,11H,3-6H2,1-2H3/t7-,8+,9-/m1/s1. The topological polar surface area (TPSA) is 38.7 Å². The first-order chi connectivity index (χ1) is 6.22. The molecule has 3 atom stereocenters. The Morgan fingerprint density at radius 2 is 1.92 bits per heavy atom. The van der Waals surface area contributed by atoms with E-state index in [1.807, 2.05) is 0 Å². The molecule has 0 radical (unpaired) electrons. The molecule has 0 aromatic rings. The van der Waals surface area contributed by atoms with E-state index in [1.165, 1.54) is 6.42 Å². The highest BCUT2D eigenvalue weighted by Crippen LogP contribution is 2.49. The summed E-state index contributed by atoms with van der Waals surface area (Å²) in [6.45, 7) is 0. The quantitative estimate of drug-likeness (QED) is 0.658. The maximum atomic E-state index is 9.84. The second-order valence-electron chi connectivity index (χ2n) is 4.28. The molecule has 3 saturated carbocycles. The molecular formula is C10H18O3. The molecule has 3 aliphatic rings. The molecule has 13 heavy (non-hydrogen) atoms. The van der Waals surface area contributed by atoms with E-state index in [2.05, 4.69) is 0 Å². The monoisotopic (exact) mass is 186 g/mol. The summed E-state index contributed by atoms with van der Waals surface area (Å²) in [4.78, 5) is 0. The average Bonchev–Trinajstić information content (AvgIpc) is 2.18. The van der Waals surface area contributed by atoms with Gasteiger partial charge in [-0.2, -0.15) is 0 Å². The van der Waals surface area contributed by atoms with Crippen molar-refractivity contribution < 1.29 is 14.6 Å². The van der Waals surface area contributed by atoms with Crippen LogP contribution in [0.25, 0.3) is 0 Å². The Kier molecular flexibility index (Phi) is 2.34. The fourth-order valence-corrected chi connectivity index (χ4v) is 3.04. The SMILES string of the molecule is COC1(OC)C[C@@H]2CC[C@H]1[C@H](O)C2. The minimum absolute atomic E-state index is 0.174. The molecule has 3 fully saturated rings. The zero-order valence-electron chi connectivity index (χ0n) is 8.32. The van der Waals surface area contributed by atoms with Crippen molar-refractivity contribution in [3.8, 4) is 0 Å². The lowest BCUT2D eigenvalue weighted by Gasteiger charge is -2.51. The highest BCUT2D eigenvalue weighted by atomic mass is 16.7. The molecule has 76 valence electrons. The van der Waals surface area contributed by atoms with Gasteiger partial charge in [0, 0.05) is 26.6 Å². The lowest BCUT2D eigenvalue weighted by molar-refractivity contribution is -0.297. The number of rotatable bonds is 2. The van der Waals surface area contributed by atoms with E-state index in [0.717, 1.165) is 19.3 Å². The molecule has 1 N–H and O–H groups in total. The smallest absolute Gasteiger partial charge is 0.173 e. The molecule has 2 bridgehead atoms. The molecule has 0 unspecified atom stereocenters. The number of hydrogen-bond acceptors (Lipinski definition) is 3. The van der Waals surface area contributed by atoms with Gasteiger partial charge < -0.3 is 14.6 Å². The molecule has 0 aromatic carbocycles. The molecule has 3 rings (SSSR count). The van der Waals surface area contributed by atoms with E-state index in [1.54, 1.807) is 14.2 Å². The third kappa shape index (κ3) is 1.30. The molecule has 0 aliphatic heterocycles. The van der Waals surface area contributed by atoms with Crippen LogP contribution in [0.4, 0.5) is 0 Å². The van der Waals surface area contributed by atoms with Gasteiger partial charge in [0.05, 0.1) is 6.10 Å². The Labute approximate surface area is 79.0 Å². The van der Waals surface area contributed by atoms with E-state index in [9.17, 15) is 5.11 Å². The first-order valence-corrected chi connectivity index (χ1v) is 5.00.